The van der Waals surface area contributed by atoms with E-state index in [1.165, 1.54) is 5.56 Å². The smallest absolute Gasteiger partial charge is 0.0573 e. The third-order valence-corrected chi connectivity index (χ3v) is 2.18. The third-order valence-electron chi connectivity index (χ3n) is 2.18. The van der Waals surface area contributed by atoms with Crippen LogP contribution in [0.25, 0.3) is 0 Å². The first-order valence-corrected chi connectivity index (χ1v) is 4.78. The second-order valence-electron chi connectivity index (χ2n) is 3.43. The van der Waals surface area contributed by atoms with Gasteiger partial charge in [0.05, 0.1) is 5.92 Å². The average molecular weight is 180 g/mol. The summed E-state index contributed by atoms with van der Waals surface area (Å²) in [5, 5.41) is 0. The van der Waals surface area contributed by atoms with Gasteiger partial charge in [0.15, 0.2) is 0 Å². The predicted octanol–water partition coefficient (Wildman–Crippen LogP) is 3.09. The van der Waals surface area contributed by atoms with Crippen molar-refractivity contribution in [3.8, 4) is 11.8 Å². The van der Waals surface area contributed by atoms with E-state index in [1.54, 1.807) is 0 Å². The van der Waals surface area contributed by atoms with Crippen molar-refractivity contribution in [2.45, 2.75) is 6.92 Å². The van der Waals surface area contributed by atoms with Crippen molar-refractivity contribution in [1.29, 1.82) is 0 Å². The van der Waals surface area contributed by atoms with E-state index in [2.05, 4.69) is 55.2 Å². The van der Waals surface area contributed by atoms with Crippen LogP contribution in [0.15, 0.2) is 48.6 Å². The van der Waals surface area contributed by atoms with Crippen LogP contribution in [0.4, 0.5) is 0 Å². The first-order valence-electron chi connectivity index (χ1n) is 4.78. The Morgan fingerprint density at radius 3 is 2.29 bits per heavy atom. The Morgan fingerprint density at radius 1 is 1.00 bits per heavy atom. The van der Waals surface area contributed by atoms with Crippen LogP contribution in [-0.2, 0) is 0 Å². The summed E-state index contributed by atoms with van der Waals surface area (Å²) in [4.78, 5) is 0. The summed E-state index contributed by atoms with van der Waals surface area (Å²) in [6.07, 6.45) is 8.27. The maximum atomic E-state index is 3.19. The van der Waals surface area contributed by atoms with Gasteiger partial charge >= 0.3 is 0 Å². The molecular weight excluding hydrogens is 168 g/mol. The molecule has 0 aliphatic heterocycles. The monoisotopic (exact) mass is 180 g/mol. The van der Waals surface area contributed by atoms with Crippen LogP contribution in [0.1, 0.15) is 11.1 Å². The first-order chi connectivity index (χ1) is 6.84. The number of hydrogen-bond acceptors (Lipinski definition) is 0. The lowest BCUT2D eigenvalue weighted by molar-refractivity contribution is 1.15. The van der Waals surface area contributed by atoms with Gasteiger partial charge in [-0.15, -0.1) is 0 Å². The fraction of sp³-hybridized carbons (Fsp3) is 0.143. The zero-order valence-electron chi connectivity index (χ0n) is 8.20. The van der Waals surface area contributed by atoms with E-state index in [-0.39, 0.29) is 0 Å². The van der Waals surface area contributed by atoms with Crippen LogP contribution < -0.4 is 0 Å². The Hall–Kier alpha value is -1.74. The van der Waals surface area contributed by atoms with Gasteiger partial charge in [0.25, 0.3) is 0 Å². The van der Waals surface area contributed by atoms with Gasteiger partial charge < -0.3 is 0 Å². The van der Waals surface area contributed by atoms with Crippen LogP contribution in [0.5, 0.6) is 0 Å². The van der Waals surface area contributed by atoms with E-state index < -0.39 is 0 Å². The molecular formula is C14H12. The van der Waals surface area contributed by atoms with Crippen molar-refractivity contribution in [3.63, 3.8) is 0 Å². The molecule has 0 heterocycles. The van der Waals surface area contributed by atoms with Gasteiger partial charge in [-0.25, -0.2) is 0 Å². The van der Waals surface area contributed by atoms with Gasteiger partial charge in [0.2, 0.25) is 0 Å². The molecule has 0 spiro atoms. The maximum Gasteiger partial charge on any atom is 0.0573 e. The van der Waals surface area contributed by atoms with Crippen LogP contribution in [0, 0.1) is 24.7 Å². The third kappa shape index (κ3) is 2.14. The van der Waals surface area contributed by atoms with Crippen LogP contribution in [0.2, 0.25) is 0 Å². The maximum absolute atomic E-state index is 3.19. The molecule has 0 bridgehead atoms. The van der Waals surface area contributed by atoms with Gasteiger partial charge in [-0.05, 0) is 19.1 Å². The molecule has 0 unspecified atom stereocenters. The molecule has 0 atom stereocenters. The number of aryl methyl sites for hydroxylation is 1. The lowest BCUT2D eigenvalue weighted by Gasteiger charge is -1.93. The lowest BCUT2D eigenvalue weighted by atomic mass is 10.1. The summed E-state index contributed by atoms with van der Waals surface area (Å²) in [5.41, 5.74) is 2.36. The molecule has 2 rings (SSSR count). The zero-order valence-corrected chi connectivity index (χ0v) is 8.20. The Bertz CT molecular complexity index is 409. The summed E-state index contributed by atoms with van der Waals surface area (Å²) in [7, 11) is 0. The molecule has 0 nitrogen and oxygen atoms in total. The molecule has 1 aromatic carbocycles. The minimum Gasteiger partial charge on any atom is -0.0861 e. The molecule has 0 saturated heterocycles. The number of benzene rings is 1. The average Bonchev–Trinajstić information content (AvgIpc) is 2.70. The highest BCUT2D eigenvalue weighted by Gasteiger charge is 1.96. The summed E-state index contributed by atoms with van der Waals surface area (Å²) < 4.78 is 0. The molecule has 0 radical (unpaired) electrons. The summed E-state index contributed by atoms with van der Waals surface area (Å²) in [5.74, 6) is 6.66. The summed E-state index contributed by atoms with van der Waals surface area (Å²) in [6, 6.07) is 8.30. The molecule has 0 amide bonds. The number of hydrogen-bond donors (Lipinski definition) is 0. The fourth-order valence-corrected chi connectivity index (χ4v) is 1.33. The Morgan fingerprint density at radius 2 is 1.64 bits per heavy atom. The van der Waals surface area contributed by atoms with Gasteiger partial charge in [0.1, 0.15) is 0 Å². The highest BCUT2D eigenvalue weighted by Crippen LogP contribution is 2.07. The van der Waals surface area contributed by atoms with Crippen molar-refractivity contribution in [1.82, 2.24) is 0 Å². The first kappa shape index (κ1) is 8.84. The molecule has 68 valence electrons. The molecule has 1 aromatic rings. The Labute approximate surface area is 85.0 Å². The molecule has 14 heavy (non-hydrogen) atoms. The van der Waals surface area contributed by atoms with Crippen LogP contribution >= 0.6 is 0 Å². The van der Waals surface area contributed by atoms with Gasteiger partial charge in [-0.3, -0.25) is 0 Å². The molecule has 0 fully saturated rings. The second kappa shape index (κ2) is 3.98. The lowest BCUT2D eigenvalue weighted by Crippen LogP contribution is -1.82. The molecule has 0 aromatic heterocycles. The van der Waals surface area contributed by atoms with Crippen molar-refractivity contribution in [3.05, 3.63) is 59.7 Å². The van der Waals surface area contributed by atoms with E-state index >= 15 is 0 Å². The molecule has 0 saturated carbocycles. The number of rotatable bonds is 0. The van der Waals surface area contributed by atoms with Gasteiger partial charge in [-0.1, -0.05) is 53.8 Å². The Kier molecular flexibility index (Phi) is 2.51. The zero-order chi connectivity index (χ0) is 9.80. The minimum atomic E-state index is 0.302. The summed E-state index contributed by atoms with van der Waals surface area (Å²) in [6.45, 7) is 2.08. The van der Waals surface area contributed by atoms with Gasteiger partial charge in [-0.2, -0.15) is 0 Å². The predicted molar refractivity (Wildman–Crippen MR) is 59.8 cm³/mol. The SMILES string of the molecule is Cc1ccc(C#CC2C=CC=C2)cc1. The second-order valence-corrected chi connectivity index (χ2v) is 3.43. The standard InChI is InChI=1S/C14H12/c1-12-6-8-14(9-7-12)11-10-13-4-2-3-5-13/h2-9,13H,1H3. The van der Waals surface area contributed by atoms with E-state index in [0.29, 0.717) is 5.92 Å². The minimum absolute atomic E-state index is 0.302. The normalized spacial score (nSPS) is 14.1. The molecule has 0 heteroatoms. The fourth-order valence-electron chi connectivity index (χ4n) is 1.33. The van der Waals surface area contributed by atoms with Crippen molar-refractivity contribution >= 4 is 0 Å². The topological polar surface area (TPSA) is 0 Å². The van der Waals surface area contributed by atoms with E-state index in [1.807, 2.05) is 12.2 Å². The molecule has 1 aliphatic rings. The van der Waals surface area contributed by atoms with Gasteiger partial charge in [0, 0.05) is 5.56 Å². The van der Waals surface area contributed by atoms with Crippen LogP contribution in [-0.4, -0.2) is 0 Å². The van der Waals surface area contributed by atoms with Crippen molar-refractivity contribution < 1.29 is 0 Å². The quantitative estimate of drug-likeness (QED) is 0.538. The van der Waals surface area contributed by atoms with E-state index in [9.17, 15) is 0 Å². The largest absolute Gasteiger partial charge is 0.0861 e. The van der Waals surface area contributed by atoms with Crippen molar-refractivity contribution in [2.24, 2.45) is 5.92 Å². The van der Waals surface area contributed by atoms with E-state index in [0.717, 1.165) is 5.56 Å². The number of allylic oxidation sites excluding steroid dienone is 4. The summed E-state index contributed by atoms with van der Waals surface area (Å²) >= 11 is 0. The van der Waals surface area contributed by atoms with E-state index in [4.69, 9.17) is 0 Å². The van der Waals surface area contributed by atoms with Crippen molar-refractivity contribution in [2.75, 3.05) is 0 Å². The molecule has 0 N–H and O–H groups in total. The molecule has 1 aliphatic carbocycles. The highest BCUT2D eigenvalue weighted by atomic mass is 14.0. The highest BCUT2D eigenvalue weighted by molar-refractivity contribution is 5.39. The van der Waals surface area contributed by atoms with Crippen LogP contribution in [0.3, 0.4) is 0 Å². The Balaban J connectivity index is 2.13.